The Kier molecular flexibility index (Phi) is 5.09. The molecule has 0 bridgehead atoms. The van der Waals surface area contributed by atoms with Gasteiger partial charge in [-0.25, -0.2) is 0 Å². The Morgan fingerprint density at radius 3 is 1.96 bits per heavy atom. The molecular formula is C22H21O4Si. The maximum atomic E-state index is 6.50. The summed E-state index contributed by atoms with van der Waals surface area (Å²) in [4.78, 5) is 0. The second-order valence-electron chi connectivity index (χ2n) is 6.26. The Hall–Kier alpha value is -2.44. The van der Waals surface area contributed by atoms with Crippen LogP contribution in [0.2, 0.25) is 0 Å². The Morgan fingerprint density at radius 2 is 1.41 bits per heavy atom. The van der Waals surface area contributed by atoms with Crippen molar-refractivity contribution in [2.45, 2.75) is 12.4 Å². The van der Waals surface area contributed by atoms with Crippen LogP contribution in [0.25, 0.3) is 0 Å². The molecule has 4 rings (SSSR count). The fourth-order valence-electron chi connectivity index (χ4n) is 3.37. The predicted molar refractivity (Wildman–Crippen MR) is 105 cm³/mol. The molecule has 1 aliphatic rings. The van der Waals surface area contributed by atoms with Crippen LogP contribution in [0, 0.1) is 0 Å². The Bertz CT molecular complexity index is 855. The highest BCUT2D eigenvalue weighted by Crippen LogP contribution is 2.41. The summed E-state index contributed by atoms with van der Waals surface area (Å²) in [6.07, 6.45) is 0. The van der Waals surface area contributed by atoms with Crippen molar-refractivity contribution < 1.29 is 18.3 Å². The van der Waals surface area contributed by atoms with Gasteiger partial charge < -0.3 is 18.3 Å². The summed E-state index contributed by atoms with van der Waals surface area (Å²) in [7, 11) is 1.86. The third kappa shape index (κ3) is 3.30. The van der Waals surface area contributed by atoms with Gasteiger partial charge in [-0.05, 0) is 17.3 Å². The maximum absolute atomic E-state index is 6.50. The first-order valence-corrected chi connectivity index (χ1v) is 10.1. The van der Waals surface area contributed by atoms with Crippen LogP contribution in [0.5, 0.6) is 5.75 Å². The van der Waals surface area contributed by atoms with Crippen LogP contribution in [-0.4, -0.2) is 23.5 Å². The third-order valence-corrected chi connectivity index (χ3v) is 6.18. The van der Waals surface area contributed by atoms with E-state index >= 15 is 0 Å². The Labute approximate surface area is 161 Å². The van der Waals surface area contributed by atoms with Gasteiger partial charge in [0.1, 0.15) is 5.75 Å². The van der Waals surface area contributed by atoms with Crippen molar-refractivity contribution in [2.75, 3.05) is 14.2 Å². The molecule has 0 saturated heterocycles. The minimum atomic E-state index is -1.48. The van der Waals surface area contributed by atoms with Crippen LogP contribution in [0.1, 0.15) is 16.7 Å². The average Bonchev–Trinajstić information content (AvgIpc) is 2.75. The Balaban J connectivity index is 1.77. The van der Waals surface area contributed by atoms with Crippen LogP contribution in [0.4, 0.5) is 0 Å². The number of hydrogen-bond donors (Lipinski definition) is 0. The standard InChI is InChI=1S/C22H21O4Si/c1-23-27(24-2)20-13-14-21-17(15-20)16-25-22(26-21,18-9-5-3-6-10-18)19-11-7-4-8-12-19/h3-15H,16H2,1-2H3. The van der Waals surface area contributed by atoms with Crippen molar-refractivity contribution in [1.82, 2.24) is 0 Å². The van der Waals surface area contributed by atoms with E-state index in [1.54, 1.807) is 14.2 Å². The monoisotopic (exact) mass is 377 g/mol. The Morgan fingerprint density at radius 1 is 0.815 bits per heavy atom. The van der Waals surface area contributed by atoms with Gasteiger partial charge >= 0.3 is 9.28 Å². The molecular weight excluding hydrogens is 356 g/mol. The van der Waals surface area contributed by atoms with E-state index < -0.39 is 15.1 Å². The molecule has 27 heavy (non-hydrogen) atoms. The fourth-order valence-corrected chi connectivity index (χ4v) is 4.52. The van der Waals surface area contributed by atoms with Gasteiger partial charge in [0.25, 0.3) is 5.79 Å². The third-order valence-electron chi connectivity index (χ3n) is 4.66. The SMILES string of the molecule is CO[Si](OC)c1ccc2c(c1)COC(c1ccccc1)(c1ccccc1)O2. The quantitative estimate of drug-likeness (QED) is 0.638. The van der Waals surface area contributed by atoms with Crippen molar-refractivity contribution >= 4 is 14.5 Å². The molecule has 0 aromatic heterocycles. The van der Waals surface area contributed by atoms with Crippen molar-refractivity contribution in [3.05, 3.63) is 95.6 Å². The van der Waals surface area contributed by atoms with Gasteiger partial charge in [-0.2, -0.15) is 0 Å². The molecule has 0 aliphatic carbocycles. The average molecular weight is 377 g/mol. The van der Waals surface area contributed by atoms with Crippen LogP contribution in [0.15, 0.2) is 78.9 Å². The molecule has 0 atom stereocenters. The van der Waals surface area contributed by atoms with E-state index in [1.807, 2.05) is 72.8 Å². The molecule has 3 aromatic carbocycles. The molecule has 1 aliphatic heterocycles. The minimum Gasteiger partial charge on any atom is -0.453 e. The lowest BCUT2D eigenvalue weighted by molar-refractivity contribution is -0.184. The van der Waals surface area contributed by atoms with E-state index in [2.05, 4.69) is 6.07 Å². The molecule has 1 heterocycles. The summed E-state index contributed by atoms with van der Waals surface area (Å²) in [5.41, 5.74) is 2.92. The van der Waals surface area contributed by atoms with Gasteiger partial charge in [-0.1, -0.05) is 66.7 Å². The first kappa shape index (κ1) is 17.9. The molecule has 5 heteroatoms. The normalized spacial score (nSPS) is 15.2. The largest absolute Gasteiger partial charge is 0.453 e. The highest BCUT2D eigenvalue weighted by atomic mass is 28.3. The molecule has 0 N–H and O–H groups in total. The van der Waals surface area contributed by atoms with Gasteiger partial charge in [0.2, 0.25) is 0 Å². The van der Waals surface area contributed by atoms with Gasteiger partial charge in [0.05, 0.1) is 6.61 Å². The van der Waals surface area contributed by atoms with Gasteiger partial charge in [0, 0.05) is 30.9 Å². The molecule has 0 spiro atoms. The second kappa shape index (κ2) is 7.66. The lowest BCUT2D eigenvalue weighted by Gasteiger charge is -2.39. The molecule has 0 amide bonds. The van der Waals surface area contributed by atoms with E-state index in [9.17, 15) is 0 Å². The van der Waals surface area contributed by atoms with E-state index in [1.165, 1.54) is 0 Å². The zero-order valence-electron chi connectivity index (χ0n) is 15.3. The number of benzene rings is 3. The molecule has 3 aromatic rings. The van der Waals surface area contributed by atoms with Crippen molar-refractivity contribution in [2.24, 2.45) is 0 Å². The maximum Gasteiger partial charge on any atom is 0.423 e. The van der Waals surface area contributed by atoms with Crippen molar-refractivity contribution in [1.29, 1.82) is 0 Å². The summed E-state index contributed by atoms with van der Waals surface area (Å²) in [5, 5.41) is 1.03. The topological polar surface area (TPSA) is 36.9 Å². The van der Waals surface area contributed by atoms with E-state index in [-0.39, 0.29) is 0 Å². The number of fused-ring (bicyclic) bond motifs is 1. The summed E-state index contributed by atoms with van der Waals surface area (Å²) < 4.78 is 23.8. The van der Waals surface area contributed by atoms with Crippen LogP contribution < -0.4 is 9.92 Å². The molecule has 4 nitrogen and oxygen atoms in total. The van der Waals surface area contributed by atoms with E-state index in [4.69, 9.17) is 18.3 Å². The first-order chi connectivity index (χ1) is 13.3. The smallest absolute Gasteiger partial charge is 0.423 e. The molecule has 1 radical (unpaired) electrons. The number of rotatable bonds is 5. The summed E-state index contributed by atoms with van der Waals surface area (Å²) in [5.74, 6) is -0.154. The van der Waals surface area contributed by atoms with E-state index in [0.717, 1.165) is 27.6 Å². The van der Waals surface area contributed by atoms with Crippen LogP contribution in [-0.2, 0) is 26.0 Å². The second-order valence-corrected chi connectivity index (χ2v) is 8.23. The molecule has 0 saturated carbocycles. The van der Waals surface area contributed by atoms with Gasteiger partial charge in [-0.3, -0.25) is 0 Å². The molecule has 0 fully saturated rings. The van der Waals surface area contributed by atoms with Crippen molar-refractivity contribution in [3.63, 3.8) is 0 Å². The molecule has 137 valence electrons. The van der Waals surface area contributed by atoms with Crippen LogP contribution in [0.3, 0.4) is 0 Å². The zero-order chi connectivity index (χ0) is 18.7. The fraction of sp³-hybridized carbons (Fsp3) is 0.182. The lowest BCUT2D eigenvalue weighted by Crippen LogP contribution is -2.41. The van der Waals surface area contributed by atoms with Crippen molar-refractivity contribution in [3.8, 4) is 5.75 Å². The van der Waals surface area contributed by atoms with E-state index in [0.29, 0.717) is 6.61 Å². The lowest BCUT2D eigenvalue weighted by atomic mass is 9.95. The van der Waals surface area contributed by atoms with Gasteiger partial charge in [-0.15, -0.1) is 0 Å². The minimum absolute atomic E-state index is 0.440. The summed E-state index contributed by atoms with van der Waals surface area (Å²) in [6, 6.07) is 26.1. The highest BCUT2D eigenvalue weighted by Gasteiger charge is 2.41. The van der Waals surface area contributed by atoms with Gasteiger partial charge in [0.15, 0.2) is 0 Å². The predicted octanol–water partition coefficient (Wildman–Crippen LogP) is 3.48. The zero-order valence-corrected chi connectivity index (χ0v) is 16.3. The molecule has 0 unspecified atom stereocenters. The first-order valence-electron chi connectivity index (χ1n) is 8.79. The highest BCUT2D eigenvalue weighted by molar-refractivity contribution is 6.61. The summed E-state index contributed by atoms with van der Waals surface area (Å²) in [6.45, 7) is 0.440. The summed E-state index contributed by atoms with van der Waals surface area (Å²) >= 11 is 0. The van der Waals surface area contributed by atoms with Crippen LogP contribution >= 0.6 is 0 Å². The number of hydrogen-bond acceptors (Lipinski definition) is 4. The number of ether oxygens (including phenoxy) is 2.